The monoisotopic (exact) mass is 326 g/mol. The number of nitrogens with zero attached hydrogens (tertiary/aromatic N) is 2. The molecule has 7 heteroatoms. The third-order valence-electron chi connectivity index (χ3n) is 3.17. The summed E-state index contributed by atoms with van der Waals surface area (Å²) in [4.78, 5) is 4.52. The van der Waals surface area contributed by atoms with Crippen molar-refractivity contribution in [3.63, 3.8) is 0 Å². The maximum absolute atomic E-state index is 6.03. The quantitative estimate of drug-likeness (QED) is 0.813. The van der Waals surface area contributed by atoms with Crippen molar-refractivity contribution in [2.75, 3.05) is 24.3 Å². The van der Waals surface area contributed by atoms with E-state index in [4.69, 9.17) is 10.5 Å². The summed E-state index contributed by atoms with van der Waals surface area (Å²) >= 11 is 2.98. The molecule has 2 aromatic rings. The van der Waals surface area contributed by atoms with Gasteiger partial charge in [0.15, 0.2) is 0 Å². The average Bonchev–Trinajstić information content (AvgIpc) is 3.00. The SMILES string of the molecule is CCOCC(Nc1snc(N)c1-c1nc(C)cs1)C(C)C. The van der Waals surface area contributed by atoms with Gasteiger partial charge in [-0.15, -0.1) is 11.3 Å². The number of nitrogens with one attached hydrogen (secondary N) is 1. The van der Waals surface area contributed by atoms with E-state index in [9.17, 15) is 0 Å². The van der Waals surface area contributed by atoms with E-state index >= 15 is 0 Å². The van der Waals surface area contributed by atoms with Gasteiger partial charge in [0, 0.05) is 17.7 Å². The molecule has 2 heterocycles. The highest BCUT2D eigenvalue weighted by molar-refractivity contribution is 7.15. The van der Waals surface area contributed by atoms with E-state index in [2.05, 4.69) is 28.5 Å². The third-order valence-corrected chi connectivity index (χ3v) is 4.94. The van der Waals surface area contributed by atoms with Gasteiger partial charge in [-0.05, 0) is 31.3 Å². The van der Waals surface area contributed by atoms with Crippen molar-refractivity contribution >= 4 is 33.7 Å². The summed E-state index contributed by atoms with van der Waals surface area (Å²) in [5, 5.41) is 7.44. The fourth-order valence-corrected chi connectivity index (χ4v) is 3.59. The average molecular weight is 326 g/mol. The molecular weight excluding hydrogens is 304 g/mol. The topological polar surface area (TPSA) is 73.1 Å². The summed E-state index contributed by atoms with van der Waals surface area (Å²) in [6, 6.07) is 0.226. The zero-order chi connectivity index (χ0) is 15.4. The van der Waals surface area contributed by atoms with Crippen molar-refractivity contribution in [1.82, 2.24) is 9.36 Å². The van der Waals surface area contributed by atoms with Crippen molar-refractivity contribution in [2.24, 2.45) is 5.92 Å². The van der Waals surface area contributed by atoms with Crippen LogP contribution in [0.4, 0.5) is 10.8 Å². The van der Waals surface area contributed by atoms with Crippen molar-refractivity contribution < 1.29 is 4.74 Å². The Kier molecular flexibility index (Phi) is 5.55. The number of hydrogen-bond donors (Lipinski definition) is 2. The smallest absolute Gasteiger partial charge is 0.149 e. The number of aryl methyl sites for hydroxylation is 1. The van der Waals surface area contributed by atoms with E-state index in [-0.39, 0.29) is 6.04 Å². The van der Waals surface area contributed by atoms with Crippen LogP contribution in [0.25, 0.3) is 10.6 Å². The standard InChI is InChI=1S/C14H22N4OS2/c1-5-19-6-10(8(2)3)17-14-11(12(15)18-21-14)13-16-9(4)7-20-13/h7-8,10,17H,5-6H2,1-4H3,(H2,15,18). The lowest BCUT2D eigenvalue weighted by atomic mass is 10.1. The van der Waals surface area contributed by atoms with E-state index < -0.39 is 0 Å². The van der Waals surface area contributed by atoms with E-state index in [0.717, 1.165) is 21.3 Å². The molecule has 2 aromatic heterocycles. The van der Waals surface area contributed by atoms with Gasteiger partial charge in [0.2, 0.25) is 0 Å². The highest BCUT2D eigenvalue weighted by Crippen LogP contribution is 2.39. The highest BCUT2D eigenvalue weighted by atomic mass is 32.1. The molecular formula is C14H22N4OS2. The first kappa shape index (κ1) is 16.2. The molecule has 3 N–H and O–H groups in total. The van der Waals surface area contributed by atoms with Crippen LogP contribution < -0.4 is 11.1 Å². The summed E-state index contributed by atoms with van der Waals surface area (Å²) in [5.74, 6) is 0.988. The Morgan fingerprint density at radius 3 is 2.76 bits per heavy atom. The lowest BCUT2D eigenvalue weighted by Gasteiger charge is -2.22. The van der Waals surface area contributed by atoms with Gasteiger partial charge < -0.3 is 15.8 Å². The molecule has 0 aliphatic carbocycles. The molecule has 0 aliphatic heterocycles. The number of anilines is 2. The van der Waals surface area contributed by atoms with Crippen molar-refractivity contribution in [2.45, 2.75) is 33.7 Å². The number of rotatable bonds is 7. The van der Waals surface area contributed by atoms with Crippen LogP contribution in [0, 0.1) is 12.8 Å². The first-order valence-corrected chi connectivity index (χ1v) is 8.70. The number of hydrogen-bond acceptors (Lipinski definition) is 7. The Labute approximate surface area is 133 Å². The number of nitrogens with two attached hydrogens (primary N) is 1. The van der Waals surface area contributed by atoms with Gasteiger partial charge in [0.05, 0.1) is 18.2 Å². The van der Waals surface area contributed by atoms with Crippen LogP contribution in [0.3, 0.4) is 0 Å². The Morgan fingerprint density at radius 2 is 2.19 bits per heavy atom. The Hall–Kier alpha value is -1.18. The summed E-state index contributed by atoms with van der Waals surface area (Å²) in [6.45, 7) is 9.72. The normalized spacial score (nSPS) is 12.8. The molecule has 0 saturated heterocycles. The lowest BCUT2D eigenvalue weighted by Crippen LogP contribution is -2.30. The maximum atomic E-state index is 6.03. The van der Waals surface area contributed by atoms with Gasteiger partial charge >= 0.3 is 0 Å². The molecule has 0 aliphatic rings. The van der Waals surface area contributed by atoms with Gasteiger partial charge in [0.25, 0.3) is 0 Å². The molecule has 2 rings (SSSR count). The van der Waals surface area contributed by atoms with Gasteiger partial charge in [-0.25, -0.2) is 4.98 Å². The molecule has 0 saturated carbocycles. The minimum atomic E-state index is 0.226. The Morgan fingerprint density at radius 1 is 1.43 bits per heavy atom. The van der Waals surface area contributed by atoms with Crippen molar-refractivity contribution in [3.05, 3.63) is 11.1 Å². The Balaban J connectivity index is 2.24. The van der Waals surface area contributed by atoms with Gasteiger partial charge in [-0.2, -0.15) is 4.37 Å². The number of nitrogen functional groups attached to an aromatic ring is 1. The van der Waals surface area contributed by atoms with Crippen LogP contribution in [0.15, 0.2) is 5.38 Å². The summed E-state index contributed by atoms with van der Waals surface area (Å²) in [7, 11) is 0. The van der Waals surface area contributed by atoms with E-state index in [1.165, 1.54) is 11.5 Å². The van der Waals surface area contributed by atoms with Gasteiger partial charge in [0.1, 0.15) is 15.8 Å². The fraction of sp³-hybridized carbons (Fsp3) is 0.571. The van der Waals surface area contributed by atoms with E-state index in [1.54, 1.807) is 11.3 Å². The Bertz CT molecular complexity index is 579. The van der Waals surface area contributed by atoms with Crippen LogP contribution >= 0.6 is 22.9 Å². The maximum Gasteiger partial charge on any atom is 0.149 e. The highest BCUT2D eigenvalue weighted by Gasteiger charge is 2.21. The molecule has 0 aromatic carbocycles. The lowest BCUT2D eigenvalue weighted by molar-refractivity contribution is 0.127. The zero-order valence-electron chi connectivity index (χ0n) is 12.8. The van der Waals surface area contributed by atoms with Crippen LogP contribution in [0.5, 0.6) is 0 Å². The molecule has 0 fully saturated rings. The first-order chi connectivity index (χ1) is 10.0. The van der Waals surface area contributed by atoms with E-state index in [0.29, 0.717) is 24.9 Å². The van der Waals surface area contributed by atoms with Crippen LogP contribution in [0.1, 0.15) is 26.5 Å². The minimum Gasteiger partial charge on any atom is -0.382 e. The molecule has 0 amide bonds. The molecule has 1 atom stereocenters. The van der Waals surface area contributed by atoms with Gasteiger partial charge in [-0.3, -0.25) is 0 Å². The van der Waals surface area contributed by atoms with Crippen LogP contribution in [-0.2, 0) is 4.74 Å². The third kappa shape index (κ3) is 3.93. The molecule has 5 nitrogen and oxygen atoms in total. The summed E-state index contributed by atoms with van der Waals surface area (Å²) in [5.41, 5.74) is 7.95. The van der Waals surface area contributed by atoms with E-state index in [1.807, 2.05) is 19.2 Å². The second-order valence-corrected chi connectivity index (χ2v) is 6.85. The number of thiazole rings is 1. The molecule has 0 radical (unpaired) electrons. The summed E-state index contributed by atoms with van der Waals surface area (Å²) < 4.78 is 9.84. The molecule has 1 unspecified atom stereocenters. The van der Waals surface area contributed by atoms with Crippen LogP contribution in [-0.4, -0.2) is 28.6 Å². The predicted octanol–water partition coefficient (Wildman–Crippen LogP) is 3.63. The second-order valence-electron chi connectivity index (χ2n) is 5.22. The fourth-order valence-electron chi connectivity index (χ4n) is 1.89. The van der Waals surface area contributed by atoms with Crippen molar-refractivity contribution in [3.8, 4) is 10.6 Å². The number of aromatic nitrogens is 2. The van der Waals surface area contributed by atoms with Crippen LogP contribution in [0.2, 0.25) is 0 Å². The first-order valence-electron chi connectivity index (χ1n) is 7.04. The molecule has 21 heavy (non-hydrogen) atoms. The molecule has 0 spiro atoms. The zero-order valence-corrected chi connectivity index (χ0v) is 14.5. The summed E-state index contributed by atoms with van der Waals surface area (Å²) in [6.07, 6.45) is 0. The predicted molar refractivity (Wildman–Crippen MR) is 91.1 cm³/mol. The van der Waals surface area contributed by atoms with Gasteiger partial charge in [-0.1, -0.05) is 13.8 Å². The minimum absolute atomic E-state index is 0.226. The van der Waals surface area contributed by atoms with Crippen molar-refractivity contribution in [1.29, 1.82) is 0 Å². The second kappa shape index (κ2) is 7.20. The molecule has 0 bridgehead atoms. The number of ether oxygens (including phenoxy) is 1. The molecule has 116 valence electrons. The largest absolute Gasteiger partial charge is 0.382 e.